The highest BCUT2D eigenvalue weighted by Crippen LogP contribution is 2.33. The van der Waals surface area contributed by atoms with Gasteiger partial charge in [-0.2, -0.15) is 10.1 Å². The van der Waals surface area contributed by atoms with Crippen molar-refractivity contribution in [3.05, 3.63) is 30.0 Å². The van der Waals surface area contributed by atoms with Gasteiger partial charge in [0.15, 0.2) is 17.3 Å². The fraction of sp³-hybridized carbons (Fsp3) is 0.550. The van der Waals surface area contributed by atoms with E-state index < -0.39 is 0 Å². The van der Waals surface area contributed by atoms with Crippen LogP contribution in [-0.4, -0.2) is 66.1 Å². The van der Waals surface area contributed by atoms with Crippen molar-refractivity contribution < 1.29 is 9.47 Å². The average Bonchev–Trinajstić information content (AvgIpc) is 3.23. The monoisotopic (exact) mass is 382 g/mol. The molecule has 148 valence electrons. The van der Waals surface area contributed by atoms with Gasteiger partial charge in [-0.3, -0.25) is 4.90 Å². The van der Waals surface area contributed by atoms with Crippen molar-refractivity contribution in [1.29, 1.82) is 0 Å². The number of rotatable bonds is 4. The molecule has 1 aromatic carbocycles. The fourth-order valence-corrected chi connectivity index (χ4v) is 4.10. The van der Waals surface area contributed by atoms with Crippen LogP contribution >= 0.6 is 0 Å². The summed E-state index contributed by atoms with van der Waals surface area (Å²) in [6.45, 7) is 7.16. The zero-order valence-electron chi connectivity index (χ0n) is 16.1. The fourth-order valence-electron chi connectivity index (χ4n) is 4.10. The van der Waals surface area contributed by atoms with Crippen LogP contribution in [0.5, 0.6) is 11.5 Å². The van der Waals surface area contributed by atoms with Crippen LogP contribution in [0.15, 0.2) is 24.4 Å². The third-order valence-corrected chi connectivity index (χ3v) is 5.71. The van der Waals surface area contributed by atoms with Crippen molar-refractivity contribution in [2.75, 3.05) is 55.9 Å². The minimum Gasteiger partial charge on any atom is -0.454 e. The van der Waals surface area contributed by atoms with Crippen LogP contribution in [0.3, 0.4) is 0 Å². The van der Waals surface area contributed by atoms with Crippen LogP contribution in [0.4, 0.5) is 11.8 Å². The molecule has 3 aliphatic rings. The molecule has 28 heavy (non-hydrogen) atoms. The summed E-state index contributed by atoms with van der Waals surface area (Å²) in [5.41, 5.74) is 1.25. The molecule has 2 fully saturated rings. The first-order valence-electron chi connectivity index (χ1n) is 10.2. The van der Waals surface area contributed by atoms with Gasteiger partial charge in [0.2, 0.25) is 12.7 Å². The van der Waals surface area contributed by atoms with E-state index in [-0.39, 0.29) is 0 Å². The summed E-state index contributed by atoms with van der Waals surface area (Å²) in [7, 11) is 0. The summed E-state index contributed by atoms with van der Waals surface area (Å²) >= 11 is 0. The van der Waals surface area contributed by atoms with Gasteiger partial charge in [0, 0.05) is 45.8 Å². The molecule has 0 unspecified atom stereocenters. The summed E-state index contributed by atoms with van der Waals surface area (Å²) in [5.74, 6) is 3.41. The molecule has 0 aliphatic carbocycles. The molecule has 2 saturated heterocycles. The van der Waals surface area contributed by atoms with Crippen LogP contribution in [-0.2, 0) is 6.54 Å². The lowest BCUT2D eigenvalue weighted by Crippen LogP contribution is -2.46. The molecule has 0 amide bonds. The minimum absolute atomic E-state index is 0.321. The molecular formula is C20H26N6O2. The largest absolute Gasteiger partial charge is 0.454 e. The zero-order valence-corrected chi connectivity index (χ0v) is 16.1. The van der Waals surface area contributed by atoms with Gasteiger partial charge in [-0.25, -0.2) is 0 Å². The van der Waals surface area contributed by atoms with Crippen molar-refractivity contribution in [1.82, 2.24) is 20.1 Å². The van der Waals surface area contributed by atoms with E-state index in [0.717, 1.165) is 69.1 Å². The van der Waals surface area contributed by atoms with E-state index in [4.69, 9.17) is 14.5 Å². The molecule has 0 saturated carbocycles. The normalized spacial score (nSPS) is 19.9. The maximum absolute atomic E-state index is 5.49. The number of aromatic nitrogens is 3. The van der Waals surface area contributed by atoms with Crippen molar-refractivity contribution in [3.63, 3.8) is 0 Å². The SMILES string of the molecule is c1cc2c(cc1CN1CCN(c3nncc(N4CCCCC4)n3)CC1)OCO2. The summed E-state index contributed by atoms with van der Waals surface area (Å²) in [6.07, 6.45) is 5.58. The van der Waals surface area contributed by atoms with Crippen LogP contribution in [0.1, 0.15) is 24.8 Å². The number of anilines is 2. The molecule has 3 aliphatic heterocycles. The van der Waals surface area contributed by atoms with E-state index in [2.05, 4.69) is 37.0 Å². The number of hydrogen-bond acceptors (Lipinski definition) is 8. The molecule has 0 N–H and O–H groups in total. The molecule has 5 rings (SSSR count). The topological polar surface area (TPSA) is 66.9 Å². The molecule has 0 spiro atoms. The van der Waals surface area contributed by atoms with E-state index in [0.29, 0.717) is 6.79 Å². The van der Waals surface area contributed by atoms with Crippen molar-refractivity contribution in [2.45, 2.75) is 25.8 Å². The van der Waals surface area contributed by atoms with Gasteiger partial charge in [-0.1, -0.05) is 6.07 Å². The van der Waals surface area contributed by atoms with Gasteiger partial charge in [0.25, 0.3) is 0 Å². The maximum atomic E-state index is 5.49. The Balaban J connectivity index is 1.19. The number of nitrogens with zero attached hydrogens (tertiary/aromatic N) is 6. The Morgan fingerprint density at radius 3 is 2.54 bits per heavy atom. The highest BCUT2D eigenvalue weighted by Gasteiger charge is 2.22. The molecular weight excluding hydrogens is 356 g/mol. The van der Waals surface area contributed by atoms with Gasteiger partial charge in [-0.05, 0) is 37.0 Å². The van der Waals surface area contributed by atoms with Crippen LogP contribution in [0.2, 0.25) is 0 Å². The Morgan fingerprint density at radius 2 is 1.68 bits per heavy atom. The molecule has 4 heterocycles. The van der Waals surface area contributed by atoms with E-state index in [1.807, 2.05) is 6.07 Å². The number of piperidine rings is 1. The summed E-state index contributed by atoms with van der Waals surface area (Å²) in [6, 6.07) is 6.21. The lowest BCUT2D eigenvalue weighted by molar-refractivity contribution is 0.174. The smallest absolute Gasteiger partial charge is 0.247 e. The molecule has 0 radical (unpaired) electrons. The number of fused-ring (bicyclic) bond motifs is 1. The summed E-state index contributed by atoms with van der Waals surface area (Å²) < 4.78 is 10.9. The standard InChI is InChI=1S/C20H26N6O2/c1-2-6-25(7-3-1)19-13-21-23-20(22-19)26-10-8-24(9-11-26)14-16-4-5-17-18(12-16)28-15-27-17/h4-5,12-13H,1-3,6-11,14-15H2. The molecule has 0 bridgehead atoms. The van der Waals surface area contributed by atoms with E-state index >= 15 is 0 Å². The second kappa shape index (κ2) is 7.79. The number of benzene rings is 1. The summed E-state index contributed by atoms with van der Waals surface area (Å²) in [5, 5.41) is 8.52. The van der Waals surface area contributed by atoms with Crippen LogP contribution in [0.25, 0.3) is 0 Å². The zero-order chi connectivity index (χ0) is 18.8. The van der Waals surface area contributed by atoms with Gasteiger partial charge < -0.3 is 19.3 Å². The predicted octanol–water partition coefficient (Wildman–Crippen LogP) is 1.91. The quantitative estimate of drug-likeness (QED) is 0.795. The van der Waals surface area contributed by atoms with Gasteiger partial charge in [0.05, 0.1) is 6.20 Å². The van der Waals surface area contributed by atoms with Gasteiger partial charge in [0.1, 0.15) is 0 Å². The number of hydrogen-bond donors (Lipinski definition) is 0. The Hall–Kier alpha value is -2.61. The molecule has 0 atom stereocenters. The Bertz CT molecular complexity index is 818. The Labute approximate surface area is 165 Å². The number of piperazine rings is 1. The lowest BCUT2D eigenvalue weighted by Gasteiger charge is -2.35. The third kappa shape index (κ3) is 3.69. The third-order valence-electron chi connectivity index (χ3n) is 5.71. The van der Waals surface area contributed by atoms with Gasteiger partial charge in [-0.15, -0.1) is 5.10 Å². The molecule has 1 aromatic heterocycles. The first-order valence-corrected chi connectivity index (χ1v) is 10.2. The predicted molar refractivity (Wildman–Crippen MR) is 106 cm³/mol. The first kappa shape index (κ1) is 17.5. The highest BCUT2D eigenvalue weighted by molar-refractivity contribution is 5.45. The second-order valence-corrected chi connectivity index (χ2v) is 7.61. The lowest BCUT2D eigenvalue weighted by atomic mass is 10.1. The number of ether oxygens (including phenoxy) is 2. The van der Waals surface area contributed by atoms with Crippen molar-refractivity contribution in [3.8, 4) is 11.5 Å². The van der Waals surface area contributed by atoms with E-state index in [1.165, 1.54) is 24.8 Å². The first-order chi connectivity index (χ1) is 13.8. The van der Waals surface area contributed by atoms with Crippen LogP contribution in [0, 0.1) is 0 Å². The van der Waals surface area contributed by atoms with Crippen LogP contribution < -0.4 is 19.3 Å². The molecule has 8 nitrogen and oxygen atoms in total. The minimum atomic E-state index is 0.321. The van der Waals surface area contributed by atoms with Crippen molar-refractivity contribution >= 4 is 11.8 Å². The molecule has 2 aromatic rings. The average molecular weight is 382 g/mol. The van der Waals surface area contributed by atoms with E-state index in [1.54, 1.807) is 6.20 Å². The highest BCUT2D eigenvalue weighted by atomic mass is 16.7. The molecule has 8 heteroatoms. The Kier molecular flexibility index (Phi) is 4.86. The van der Waals surface area contributed by atoms with Gasteiger partial charge >= 0.3 is 0 Å². The van der Waals surface area contributed by atoms with E-state index in [9.17, 15) is 0 Å². The maximum Gasteiger partial charge on any atom is 0.247 e. The summed E-state index contributed by atoms with van der Waals surface area (Å²) in [4.78, 5) is 11.8. The Morgan fingerprint density at radius 1 is 0.857 bits per heavy atom. The van der Waals surface area contributed by atoms with Crippen molar-refractivity contribution in [2.24, 2.45) is 0 Å². The second-order valence-electron chi connectivity index (χ2n) is 7.61.